The molecule has 5 aromatic rings. The molecule has 0 amide bonds. The Bertz CT molecular complexity index is 1700. The van der Waals surface area contributed by atoms with Crippen molar-refractivity contribution < 1.29 is 5.11 Å². The van der Waals surface area contributed by atoms with Crippen LogP contribution in [0.2, 0.25) is 0 Å². The van der Waals surface area contributed by atoms with Gasteiger partial charge in [-0.15, -0.1) is 0 Å². The maximum Gasteiger partial charge on any atom is 0.276 e. The number of nitrogens with one attached hydrogen (secondary N) is 2. The van der Waals surface area contributed by atoms with E-state index in [2.05, 4.69) is 52.5 Å². The summed E-state index contributed by atoms with van der Waals surface area (Å²) >= 11 is 0. The Labute approximate surface area is 228 Å². The van der Waals surface area contributed by atoms with Crippen LogP contribution in [-0.4, -0.2) is 37.7 Å². The second kappa shape index (κ2) is 11.0. The molecule has 0 aliphatic carbocycles. The molecule has 1 unspecified atom stereocenters. The third-order valence-electron chi connectivity index (χ3n) is 7.09. The molecule has 2 aromatic carbocycles. The lowest BCUT2D eigenvalue weighted by Crippen LogP contribution is -2.30. The first-order valence-corrected chi connectivity index (χ1v) is 13.4. The number of fused-ring (bicyclic) bond motifs is 2. The van der Waals surface area contributed by atoms with Gasteiger partial charge in [0.05, 0.1) is 35.1 Å². The third kappa shape index (κ3) is 5.30. The van der Waals surface area contributed by atoms with Crippen LogP contribution in [-0.2, 0) is 26.6 Å². The van der Waals surface area contributed by atoms with Gasteiger partial charge in [0.25, 0.3) is 5.56 Å². The van der Waals surface area contributed by atoms with Crippen LogP contribution in [0.15, 0.2) is 65.6 Å². The fourth-order valence-corrected chi connectivity index (χ4v) is 5.15. The lowest BCUT2D eigenvalue weighted by molar-refractivity contribution is 0.282. The first-order valence-electron chi connectivity index (χ1n) is 13.4. The number of hydrogen-bond acceptors (Lipinski definition) is 6. The molecule has 0 fully saturated rings. The van der Waals surface area contributed by atoms with Crippen LogP contribution in [0.25, 0.3) is 32.9 Å². The molecule has 0 spiro atoms. The van der Waals surface area contributed by atoms with E-state index in [0.29, 0.717) is 17.8 Å². The minimum absolute atomic E-state index is 0.0464. The van der Waals surface area contributed by atoms with Gasteiger partial charge in [-0.1, -0.05) is 50.2 Å². The Morgan fingerprint density at radius 1 is 1.03 bits per heavy atom. The highest BCUT2D eigenvalue weighted by Crippen LogP contribution is 2.33. The fourth-order valence-electron chi connectivity index (χ4n) is 5.15. The summed E-state index contributed by atoms with van der Waals surface area (Å²) in [5.41, 5.74) is 5.27. The van der Waals surface area contributed by atoms with Crippen LogP contribution in [0.4, 0.5) is 5.82 Å². The number of hydrogen-bond donors (Lipinski definition) is 3. The second-order valence-corrected chi connectivity index (χ2v) is 10.6. The molecule has 8 nitrogen and oxygen atoms in total. The molecule has 1 atom stereocenters. The summed E-state index contributed by atoms with van der Waals surface area (Å²) < 4.78 is 3.61. The van der Waals surface area contributed by atoms with Crippen molar-refractivity contribution in [2.45, 2.75) is 46.5 Å². The van der Waals surface area contributed by atoms with Gasteiger partial charge < -0.3 is 20.3 Å². The summed E-state index contributed by atoms with van der Waals surface area (Å²) in [6.45, 7) is 6.82. The van der Waals surface area contributed by atoms with E-state index in [1.165, 1.54) is 4.68 Å². The van der Waals surface area contributed by atoms with E-state index in [-0.39, 0.29) is 18.3 Å². The Morgan fingerprint density at radius 2 is 1.82 bits per heavy atom. The lowest BCUT2D eigenvalue weighted by atomic mass is 10.0. The molecule has 5 rings (SSSR count). The normalized spacial score (nSPS) is 12.5. The van der Waals surface area contributed by atoms with E-state index in [1.807, 2.05) is 56.4 Å². The molecule has 3 N–H and O–H groups in total. The highest BCUT2D eigenvalue weighted by atomic mass is 16.3. The second-order valence-electron chi connectivity index (χ2n) is 10.6. The van der Waals surface area contributed by atoms with Crippen molar-refractivity contribution in [1.29, 1.82) is 0 Å². The van der Waals surface area contributed by atoms with Gasteiger partial charge >= 0.3 is 0 Å². The number of para-hydroxylation sites is 1. The van der Waals surface area contributed by atoms with Gasteiger partial charge in [-0.05, 0) is 61.2 Å². The Hall–Kier alpha value is -4.01. The molecular formula is C31H36N6O2. The van der Waals surface area contributed by atoms with E-state index >= 15 is 0 Å². The van der Waals surface area contributed by atoms with E-state index in [1.54, 1.807) is 7.05 Å². The SMILES string of the molecule is CNC(C)Nc1cc(Cn2cc3c(CC(C)C)nn(C)c(=O)c3c2-c2cccc(CO)c2)c2ccccc2n1. The van der Waals surface area contributed by atoms with Crippen LogP contribution in [0, 0.1) is 5.92 Å². The average Bonchev–Trinajstić information content (AvgIpc) is 3.30. The number of nitrogens with zero attached hydrogens (tertiary/aromatic N) is 4. The van der Waals surface area contributed by atoms with Crippen LogP contribution in [0.3, 0.4) is 0 Å². The average molecular weight is 525 g/mol. The first-order chi connectivity index (χ1) is 18.8. The summed E-state index contributed by atoms with van der Waals surface area (Å²) in [5.74, 6) is 1.17. The molecule has 39 heavy (non-hydrogen) atoms. The number of benzene rings is 2. The van der Waals surface area contributed by atoms with E-state index < -0.39 is 0 Å². The van der Waals surface area contributed by atoms with Gasteiger partial charge in [-0.2, -0.15) is 5.10 Å². The van der Waals surface area contributed by atoms with Gasteiger partial charge in [0.1, 0.15) is 5.82 Å². The maximum absolute atomic E-state index is 13.6. The van der Waals surface area contributed by atoms with Gasteiger partial charge in [-0.25, -0.2) is 9.67 Å². The summed E-state index contributed by atoms with van der Waals surface area (Å²) in [7, 11) is 3.62. The number of rotatable bonds is 9. The molecule has 0 saturated heterocycles. The molecular weight excluding hydrogens is 488 g/mol. The zero-order valence-corrected chi connectivity index (χ0v) is 23.2. The molecule has 202 valence electrons. The summed E-state index contributed by atoms with van der Waals surface area (Å²) in [6, 6.07) is 18.0. The van der Waals surface area contributed by atoms with Crippen molar-refractivity contribution in [2.24, 2.45) is 13.0 Å². The summed E-state index contributed by atoms with van der Waals surface area (Å²) in [6.07, 6.45) is 2.88. The number of anilines is 1. The molecule has 0 radical (unpaired) electrons. The number of aryl methyl sites for hydroxylation is 1. The van der Waals surface area contributed by atoms with Crippen molar-refractivity contribution in [1.82, 2.24) is 24.6 Å². The predicted octanol–water partition coefficient (Wildman–Crippen LogP) is 4.67. The number of aromatic nitrogens is 4. The lowest BCUT2D eigenvalue weighted by Gasteiger charge is -2.17. The first kappa shape index (κ1) is 26.6. The highest BCUT2D eigenvalue weighted by Gasteiger charge is 2.21. The van der Waals surface area contributed by atoms with Crippen LogP contribution in [0.1, 0.15) is 37.6 Å². The third-order valence-corrected chi connectivity index (χ3v) is 7.09. The largest absolute Gasteiger partial charge is 0.392 e. The standard InChI is InChI=1S/C31H36N6O2/c1-19(2)13-27-25-17-37(16-23-15-28(33-20(3)32-4)34-26-12-7-6-11-24(23)26)30(29(25)31(39)36(5)35-27)22-10-8-9-21(14-22)18-38/h6-12,14-15,17,19-20,32,38H,13,16,18H2,1-5H3,(H,33,34). The molecule has 8 heteroatoms. The Balaban J connectivity index is 1.78. The van der Waals surface area contributed by atoms with E-state index in [4.69, 9.17) is 4.98 Å². The van der Waals surface area contributed by atoms with Crippen molar-refractivity contribution in [3.05, 3.63) is 88.0 Å². The maximum atomic E-state index is 13.6. The zero-order chi connectivity index (χ0) is 27.7. The van der Waals surface area contributed by atoms with Gasteiger partial charge in [0.2, 0.25) is 0 Å². The quantitative estimate of drug-likeness (QED) is 0.243. The predicted molar refractivity (Wildman–Crippen MR) is 158 cm³/mol. The van der Waals surface area contributed by atoms with Crippen molar-refractivity contribution in [3.8, 4) is 11.3 Å². The minimum Gasteiger partial charge on any atom is -0.392 e. The fraction of sp³-hybridized carbons (Fsp3) is 0.323. The number of aliphatic hydroxyl groups is 1. The number of aliphatic hydroxyl groups excluding tert-OH is 1. The summed E-state index contributed by atoms with van der Waals surface area (Å²) in [5, 5.41) is 23.7. The molecule has 0 saturated carbocycles. The topological polar surface area (TPSA) is 97.0 Å². The molecule has 3 heterocycles. The monoisotopic (exact) mass is 524 g/mol. The van der Waals surface area contributed by atoms with Crippen molar-refractivity contribution in [3.63, 3.8) is 0 Å². The molecule has 0 aliphatic rings. The van der Waals surface area contributed by atoms with Gasteiger partial charge in [-0.3, -0.25) is 4.79 Å². The zero-order valence-electron chi connectivity index (χ0n) is 23.2. The smallest absolute Gasteiger partial charge is 0.276 e. The van der Waals surface area contributed by atoms with E-state index in [0.717, 1.165) is 56.6 Å². The Kier molecular flexibility index (Phi) is 7.50. The van der Waals surface area contributed by atoms with Crippen LogP contribution >= 0.6 is 0 Å². The molecule has 0 bridgehead atoms. The van der Waals surface area contributed by atoms with Gasteiger partial charge in [0, 0.05) is 30.6 Å². The number of pyridine rings is 1. The highest BCUT2D eigenvalue weighted by molar-refractivity contribution is 5.97. The Morgan fingerprint density at radius 3 is 2.56 bits per heavy atom. The van der Waals surface area contributed by atoms with Crippen LogP contribution < -0.4 is 16.2 Å². The van der Waals surface area contributed by atoms with Crippen LogP contribution in [0.5, 0.6) is 0 Å². The van der Waals surface area contributed by atoms with Gasteiger partial charge in [0.15, 0.2) is 0 Å². The van der Waals surface area contributed by atoms with Crippen molar-refractivity contribution in [2.75, 3.05) is 12.4 Å². The molecule has 3 aromatic heterocycles. The van der Waals surface area contributed by atoms with E-state index in [9.17, 15) is 9.90 Å². The molecule has 0 aliphatic heterocycles. The minimum atomic E-state index is -0.134. The summed E-state index contributed by atoms with van der Waals surface area (Å²) in [4.78, 5) is 18.4. The van der Waals surface area contributed by atoms with Crippen molar-refractivity contribution >= 4 is 27.5 Å².